The first-order valence-corrected chi connectivity index (χ1v) is 6.51. The van der Waals surface area contributed by atoms with Gasteiger partial charge in [-0.05, 0) is 56.4 Å². The number of hydrogen-bond acceptors (Lipinski definition) is 2. The first-order chi connectivity index (χ1) is 8.41. The molecule has 18 heavy (non-hydrogen) atoms. The normalized spacial score (nSPS) is 22.5. The third kappa shape index (κ3) is 2.15. The molecule has 1 aliphatic rings. The fourth-order valence-electron chi connectivity index (χ4n) is 2.56. The monoisotopic (exact) mass is 246 g/mol. The minimum absolute atomic E-state index is 0.117. The molecular weight excluding hydrogens is 224 g/mol. The zero-order valence-corrected chi connectivity index (χ0v) is 11.7. The number of anilines is 1. The summed E-state index contributed by atoms with van der Waals surface area (Å²) >= 11 is 0. The van der Waals surface area contributed by atoms with Crippen LogP contribution in [0.1, 0.15) is 29.5 Å². The zero-order chi connectivity index (χ0) is 13.4. The lowest BCUT2D eigenvalue weighted by molar-refractivity contribution is -0.124. The summed E-state index contributed by atoms with van der Waals surface area (Å²) in [5.74, 6) is 0.314. The van der Waals surface area contributed by atoms with Crippen molar-refractivity contribution < 1.29 is 4.79 Å². The van der Waals surface area contributed by atoms with Gasteiger partial charge in [-0.15, -0.1) is 0 Å². The van der Waals surface area contributed by atoms with E-state index in [9.17, 15) is 4.79 Å². The van der Waals surface area contributed by atoms with Gasteiger partial charge in [-0.2, -0.15) is 0 Å². The van der Waals surface area contributed by atoms with Crippen LogP contribution in [-0.2, 0) is 4.79 Å². The SMILES string of the molecule is Cc1ccc(N(C)C(=O)C2CC(N)C2)c(C)c1C. The Balaban J connectivity index is 2.21. The van der Waals surface area contributed by atoms with Crippen LogP contribution in [-0.4, -0.2) is 19.0 Å². The Morgan fingerprint density at radius 1 is 1.22 bits per heavy atom. The molecule has 0 aliphatic heterocycles. The molecule has 0 unspecified atom stereocenters. The van der Waals surface area contributed by atoms with Crippen LogP contribution in [0.2, 0.25) is 0 Å². The number of carbonyl (C=O) groups is 1. The van der Waals surface area contributed by atoms with Crippen molar-refractivity contribution in [3.8, 4) is 0 Å². The van der Waals surface area contributed by atoms with Crippen molar-refractivity contribution in [1.29, 1.82) is 0 Å². The van der Waals surface area contributed by atoms with Crippen LogP contribution < -0.4 is 10.6 Å². The highest BCUT2D eigenvalue weighted by Gasteiger charge is 2.34. The lowest BCUT2D eigenvalue weighted by Crippen LogP contribution is -2.45. The van der Waals surface area contributed by atoms with Crippen LogP contribution in [0.15, 0.2) is 12.1 Å². The fourth-order valence-corrected chi connectivity index (χ4v) is 2.56. The Kier molecular flexibility index (Phi) is 3.44. The van der Waals surface area contributed by atoms with E-state index in [1.165, 1.54) is 16.7 Å². The fraction of sp³-hybridized carbons (Fsp3) is 0.533. The second-order valence-corrected chi connectivity index (χ2v) is 5.48. The maximum atomic E-state index is 12.3. The molecule has 1 aromatic carbocycles. The average Bonchev–Trinajstić information content (AvgIpc) is 2.31. The van der Waals surface area contributed by atoms with Gasteiger partial charge < -0.3 is 10.6 Å². The van der Waals surface area contributed by atoms with Crippen molar-refractivity contribution in [2.45, 2.75) is 39.7 Å². The van der Waals surface area contributed by atoms with Crippen LogP contribution >= 0.6 is 0 Å². The predicted octanol–water partition coefficient (Wildman–Crippen LogP) is 2.31. The van der Waals surface area contributed by atoms with E-state index in [2.05, 4.69) is 26.8 Å². The van der Waals surface area contributed by atoms with E-state index in [-0.39, 0.29) is 17.9 Å². The minimum Gasteiger partial charge on any atom is -0.328 e. The number of rotatable bonds is 2. The van der Waals surface area contributed by atoms with Gasteiger partial charge in [0, 0.05) is 24.7 Å². The smallest absolute Gasteiger partial charge is 0.229 e. The Morgan fingerprint density at radius 2 is 1.83 bits per heavy atom. The number of hydrogen-bond donors (Lipinski definition) is 1. The summed E-state index contributed by atoms with van der Waals surface area (Å²) in [4.78, 5) is 14.1. The van der Waals surface area contributed by atoms with Crippen LogP contribution in [0.5, 0.6) is 0 Å². The number of carbonyl (C=O) groups excluding carboxylic acids is 1. The lowest BCUT2D eigenvalue weighted by atomic mass is 9.80. The molecule has 0 atom stereocenters. The Hall–Kier alpha value is -1.35. The third-order valence-corrected chi connectivity index (χ3v) is 4.25. The molecule has 0 saturated heterocycles. The van der Waals surface area contributed by atoms with Gasteiger partial charge in [0.1, 0.15) is 0 Å². The molecule has 0 bridgehead atoms. The van der Waals surface area contributed by atoms with E-state index in [1.54, 1.807) is 4.90 Å². The summed E-state index contributed by atoms with van der Waals surface area (Å²) in [6, 6.07) is 4.33. The zero-order valence-electron chi connectivity index (χ0n) is 11.7. The highest BCUT2D eigenvalue weighted by Crippen LogP contribution is 2.31. The molecule has 1 amide bonds. The summed E-state index contributed by atoms with van der Waals surface area (Å²) in [6.07, 6.45) is 1.65. The van der Waals surface area contributed by atoms with Crippen molar-refractivity contribution >= 4 is 11.6 Å². The number of nitrogens with zero attached hydrogens (tertiary/aromatic N) is 1. The van der Waals surface area contributed by atoms with E-state index < -0.39 is 0 Å². The molecule has 1 aromatic rings. The number of benzene rings is 1. The highest BCUT2D eigenvalue weighted by atomic mass is 16.2. The molecule has 2 N–H and O–H groups in total. The van der Waals surface area contributed by atoms with Crippen LogP contribution in [0.3, 0.4) is 0 Å². The maximum Gasteiger partial charge on any atom is 0.229 e. The second-order valence-electron chi connectivity index (χ2n) is 5.48. The Labute approximate surface area is 109 Å². The Bertz CT molecular complexity index is 476. The largest absolute Gasteiger partial charge is 0.328 e. The molecule has 2 rings (SSSR count). The Morgan fingerprint density at radius 3 is 2.39 bits per heavy atom. The van der Waals surface area contributed by atoms with Crippen LogP contribution in [0.25, 0.3) is 0 Å². The van der Waals surface area contributed by atoms with Gasteiger partial charge in [0.05, 0.1) is 0 Å². The van der Waals surface area contributed by atoms with Gasteiger partial charge in [0.25, 0.3) is 0 Å². The van der Waals surface area contributed by atoms with Gasteiger partial charge in [0.2, 0.25) is 5.91 Å². The number of aryl methyl sites for hydroxylation is 1. The maximum absolute atomic E-state index is 12.3. The minimum atomic E-state index is 0.117. The second kappa shape index (κ2) is 4.73. The van der Waals surface area contributed by atoms with Crippen molar-refractivity contribution in [3.05, 3.63) is 28.8 Å². The van der Waals surface area contributed by atoms with E-state index in [0.29, 0.717) is 0 Å². The quantitative estimate of drug-likeness (QED) is 0.870. The summed E-state index contributed by atoms with van der Waals surface area (Å²) in [5.41, 5.74) is 10.5. The summed E-state index contributed by atoms with van der Waals surface area (Å²) in [6.45, 7) is 6.28. The van der Waals surface area contributed by atoms with E-state index >= 15 is 0 Å². The molecule has 1 aliphatic carbocycles. The third-order valence-electron chi connectivity index (χ3n) is 4.25. The van der Waals surface area contributed by atoms with Gasteiger partial charge in [-0.25, -0.2) is 0 Å². The van der Waals surface area contributed by atoms with Gasteiger partial charge in [0.15, 0.2) is 0 Å². The highest BCUT2D eigenvalue weighted by molar-refractivity contribution is 5.96. The molecule has 0 heterocycles. The molecule has 3 nitrogen and oxygen atoms in total. The van der Waals surface area contributed by atoms with Gasteiger partial charge in [-0.1, -0.05) is 6.07 Å². The molecule has 0 aromatic heterocycles. The van der Waals surface area contributed by atoms with Crippen molar-refractivity contribution in [2.24, 2.45) is 11.7 Å². The molecule has 1 fully saturated rings. The van der Waals surface area contributed by atoms with Crippen molar-refractivity contribution in [1.82, 2.24) is 0 Å². The average molecular weight is 246 g/mol. The van der Waals surface area contributed by atoms with Crippen molar-refractivity contribution in [3.63, 3.8) is 0 Å². The van der Waals surface area contributed by atoms with Crippen LogP contribution in [0, 0.1) is 26.7 Å². The first-order valence-electron chi connectivity index (χ1n) is 6.51. The van der Waals surface area contributed by atoms with Gasteiger partial charge >= 0.3 is 0 Å². The molecule has 0 radical (unpaired) electrons. The van der Waals surface area contributed by atoms with Crippen LogP contribution in [0.4, 0.5) is 5.69 Å². The van der Waals surface area contributed by atoms with Gasteiger partial charge in [-0.3, -0.25) is 4.79 Å². The number of nitrogens with two attached hydrogens (primary N) is 1. The molecular formula is C15H22N2O. The molecule has 3 heteroatoms. The van der Waals surface area contributed by atoms with E-state index in [1.807, 2.05) is 13.1 Å². The topological polar surface area (TPSA) is 46.3 Å². The molecule has 1 saturated carbocycles. The molecule has 0 spiro atoms. The van der Waals surface area contributed by atoms with E-state index in [0.717, 1.165) is 18.5 Å². The van der Waals surface area contributed by atoms with E-state index in [4.69, 9.17) is 5.73 Å². The standard InChI is InChI=1S/C15H22N2O/c1-9-5-6-14(11(3)10(9)2)17(4)15(18)12-7-13(16)8-12/h5-6,12-13H,7-8,16H2,1-4H3. The summed E-state index contributed by atoms with van der Waals surface area (Å²) in [7, 11) is 1.86. The molecule has 98 valence electrons. The predicted molar refractivity (Wildman–Crippen MR) is 74.8 cm³/mol. The first kappa shape index (κ1) is 13.1. The van der Waals surface area contributed by atoms with Crippen molar-refractivity contribution in [2.75, 3.05) is 11.9 Å². The lowest BCUT2D eigenvalue weighted by Gasteiger charge is -2.34. The summed E-state index contributed by atoms with van der Waals surface area (Å²) < 4.78 is 0. The number of amides is 1. The summed E-state index contributed by atoms with van der Waals surface area (Å²) in [5, 5.41) is 0.